The number of nitrogens with one attached hydrogen (secondary N) is 1. The first kappa shape index (κ1) is 14.7. The predicted molar refractivity (Wildman–Crippen MR) is 79.4 cm³/mol. The highest BCUT2D eigenvalue weighted by atomic mass is 79.9. The Hall–Kier alpha value is -0.340. The lowest BCUT2D eigenvalue weighted by Gasteiger charge is -2.29. The number of aryl methyl sites for hydroxylation is 2. The lowest BCUT2D eigenvalue weighted by atomic mass is 9.84. The van der Waals surface area contributed by atoms with Gasteiger partial charge in [-0.2, -0.15) is 0 Å². The Bertz CT molecular complexity index is 385. The molecule has 2 atom stereocenters. The standard InChI is InChI=1S/C15H24BrN/c1-9(2)12(5)15(17-6)13-7-11(4)14(16)8-10(13)3/h7-9,12,15,17H,1-6H3. The van der Waals surface area contributed by atoms with Gasteiger partial charge in [-0.1, -0.05) is 42.8 Å². The third kappa shape index (κ3) is 3.32. The summed E-state index contributed by atoms with van der Waals surface area (Å²) < 4.78 is 1.20. The number of hydrogen-bond acceptors (Lipinski definition) is 1. The quantitative estimate of drug-likeness (QED) is 0.855. The van der Waals surface area contributed by atoms with E-state index in [9.17, 15) is 0 Å². The van der Waals surface area contributed by atoms with E-state index in [1.807, 2.05) is 0 Å². The van der Waals surface area contributed by atoms with E-state index in [1.54, 1.807) is 0 Å². The Labute approximate surface area is 114 Å². The molecular weight excluding hydrogens is 274 g/mol. The molecule has 1 nitrogen and oxygen atoms in total. The molecule has 17 heavy (non-hydrogen) atoms. The third-order valence-electron chi connectivity index (χ3n) is 3.77. The van der Waals surface area contributed by atoms with E-state index in [0.717, 1.165) is 0 Å². The van der Waals surface area contributed by atoms with Crippen molar-refractivity contribution >= 4 is 15.9 Å². The molecule has 0 heterocycles. The highest BCUT2D eigenvalue weighted by Crippen LogP contribution is 2.32. The fourth-order valence-electron chi connectivity index (χ4n) is 2.22. The zero-order valence-electron chi connectivity index (χ0n) is 11.8. The summed E-state index contributed by atoms with van der Waals surface area (Å²) in [4.78, 5) is 0. The van der Waals surface area contributed by atoms with E-state index in [0.29, 0.717) is 17.9 Å². The summed E-state index contributed by atoms with van der Waals surface area (Å²) in [6.45, 7) is 11.2. The van der Waals surface area contributed by atoms with Gasteiger partial charge in [0.15, 0.2) is 0 Å². The van der Waals surface area contributed by atoms with Crippen molar-refractivity contribution < 1.29 is 0 Å². The van der Waals surface area contributed by atoms with Crippen molar-refractivity contribution in [2.75, 3.05) is 7.05 Å². The van der Waals surface area contributed by atoms with Crippen molar-refractivity contribution in [3.63, 3.8) is 0 Å². The molecule has 1 aromatic rings. The van der Waals surface area contributed by atoms with Crippen molar-refractivity contribution in [3.8, 4) is 0 Å². The Morgan fingerprint density at radius 3 is 2.12 bits per heavy atom. The maximum Gasteiger partial charge on any atom is 0.0348 e. The monoisotopic (exact) mass is 297 g/mol. The zero-order valence-corrected chi connectivity index (χ0v) is 13.4. The van der Waals surface area contributed by atoms with Crippen molar-refractivity contribution in [3.05, 3.63) is 33.3 Å². The molecule has 0 bridgehead atoms. The second kappa shape index (κ2) is 6.01. The molecule has 0 aliphatic heterocycles. The van der Waals surface area contributed by atoms with Gasteiger partial charge < -0.3 is 5.32 Å². The van der Waals surface area contributed by atoms with Crippen LogP contribution in [0.1, 0.15) is 43.5 Å². The molecule has 1 rings (SSSR count). The molecule has 0 aliphatic carbocycles. The second-order valence-electron chi connectivity index (χ2n) is 5.33. The Balaban J connectivity index is 3.16. The van der Waals surface area contributed by atoms with Crippen molar-refractivity contribution in [1.82, 2.24) is 5.32 Å². The molecule has 0 amide bonds. The van der Waals surface area contributed by atoms with Crippen LogP contribution < -0.4 is 5.32 Å². The van der Waals surface area contributed by atoms with E-state index < -0.39 is 0 Å². The maximum absolute atomic E-state index is 3.60. The van der Waals surface area contributed by atoms with Gasteiger partial charge in [0.05, 0.1) is 0 Å². The van der Waals surface area contributed by atoms with Crippen LogP contribution >= 0.6 is 15.9 Å². The molecule has 0 saturated carbocycles. The second-order valence-corrected chi connectivity index (χ2v) is 6.18. The van der Waals surface area contributed by atoms with E-state index in [1.165, 1.54) is 21.2 Å². The number of rotatable bonds is 4. The predicted octanol–water partition coefficient (Wildman–Crippen LogP) is 4.62. The highest BCUT2D eigenvalue weighted by molar-refractivity contribution is 9.10. The van der Waals surface area contributed by atoms with Gasteiger partial charge in [-0.05, 0) is 55.5 Å². The molecule has 2 unspecified atom stereocenters. The van der Waals surface area contributed by atoms with Gasteiger partial charge in [-0.25, -0.2) is 0 Å². The molecule has 0 saturated heterocycles. The summed E-state index contributed by atoms with van der Waals surface area (Å²) in [5.74, 6) is 1.30. The molecule has 2 heteroatoms. The zero-order chi connectivity index (χ0) is 13.2. The molecule has 1 N–H and O–H groups in total. The van der Waals surface area contributed by atoms with Crippen LogP contribution in [0, 0.1) is 25.7 Å². The van der Waals surface area contributed by atoms with E-state index in [4.69, 9.17) is 0 Å². The smallest absolute Gasteiger partial charge is 0.0348 e. The normalized spacial score (nSPS) is 15.1. The van der Waals surface area contributed by atoms with Crippen LogP contribution in [0.5, 0.6) is 0 Å². The number of hydrogen-bond donors (Lipinski definition) is 1. The summed E-state index contributed by atoms with van der Waals surface area (Å²) in [5, 5.41) is 3.47. The molecule has 0 fully saturated rings. The molecule has 96 valence electrons. The fourth-order valence-corrected chi connectivity index (χ4v) is 2.68. The molecule has 0 radical (unpaired) electrons. The summed E-state index contributed by atoms with van der Waals surface area (Å²) in [6.07, 6.45) is 0. The molecule has 1 aromatic carbocycles. The van der Waals surface area contributed by atoms with Crippen molar-refractivity contribution in [2.45, 2.75) is 40.7 Å². The SMILES string of the molecule is CNC(c1cc(C)c(Br)cc1C)C(C)C(C)C. The van der Waals surface area contributed by atoms with Gasteiger partial charge in [0.2, 0.25) is 0 Å². The van der Waals surface area contributed by atoms with E-state index in [-0.39, 0.29) is 0 Å². The van der Waals surface area contributed by atoms with Gasteiger partial charge >= 0.3 is 0 Å². The lowest BCUT2D eigenvalue weighted by Crippen LogP contribution is -2.27. The van der Waals surface area contributed by atoms with Gasteiger partial charge in [-0.3, -0.25) is 0 Å². The summed E-state index contributed by atoms with van der Waals surface area (Å²) in [7, 11) is 2.06. The lowest BCUT2D eigenvalue weighted by molar-refractivity contribution is 0.316. The van der Waals surface area contributed by atoms with Gasteiger partial charge in [0.1, 0.15) is 0 Å². The average Bonchev–Trinajstić information content (AvgIpc) is 2.25. The summed E-state index contributed by atoms with van der Waals surface area (Å²) in [6, 6.07) is 4.96. The first-order chi connectivity index (χ1) is 7.88. The van der Waals surface area contributed by atoms with Gasteiger partial charge in [0.25, 0.3) is 0 Å². The molecule has 0 aromatic heterocycles. The largest absolute Gasteiger partial charge is 0.313 e. The van der Waals surface area contributed by atoms with Crippen LogP contribution in [0.3, 0.4) is 0 Å². The Morgan fingerprint density at radius 1 is 1.06 bits per heavy atom. The first-order valence-electron chi connectivity index (χ1n) is 6.32. The summed E-state index contributed by atoms with van der Waals surface area (Å²) in [5.41, 5.74) is 4.09. The van der Waals surface area contributed by atoms with Gasteiger partial charge in [0, 0.05) is 10.5 Å². The molecular formula is C15H24BrN. The first-order valence-corrected chi connectivity index (χ1v) is 7.11. The Kier molecular flexibility index (Phi) is 5.21. The van der Waals surface area contributed by atoms with Crippen LogP contribution in [-0.2, 0) is 0 Å². The van der Waals surface area contributed by atoms with Crippen molar-refractivity contribution in [2.24, 2.45) is 11.8 Å². The fraction of sp³-hybridized carbons (Fsp3) is 0.600. The number of benzene rings is 1. The van der Waals surface area contributed by atoms with Crippen LogP contribution in [0.25, 0.3) is 0 Å². The van der Waals surface area contributed by atoms with Crippen LogP contribution in [0.15, 0.2) is 16.6 Å². The molecule has 0 aliphatic rings. The van der Waals surface area contributed by atoms with Crippen LogP contribution in [-0.4, -0.2) is 7.05 Å². The average molecular weight is 298 g/mol. The third-order valence-corrected chi connectivity index (χ3v) is 4.63. The Morgan fingerprint density at radius 2 is 1.65 bits per heavy atom. The van der Waals surface area contributed by atoms with Crippen LogP contribution in [0.2, 0.25) is 0 Å². The minimum atomic E-state index is 0.432. The maximum atomic E-state index is 3.60. The van der Waals surface area contributed by atoms with Crippen molar-refractivity contribution in [1.29, 1.82) is 0 Å². The highest BCUT2D eigenvalue weighted by Gasteiger charge is 2.22. The van der Waals surface area contributed by atoms with Gasteiger partial charge in [-0.15, -0.1) is 0 Å². The minimum Gasteiger partial charge on any atom is -0.313 e. The minimum absolute atomic E-state index is 0.432. The number of halogens is 1. The van der Waals surface area contributed by atoms with E-state index in [2.05, 4.69) is 75.0 Å². The molecule has 0 spiro atoms. The topological polar surface area (TPSA) is 12.0 Å². The van der Waals surface area contributed by atoms with Crippen LogP contribution in [0.4, 0.5) is 0 Å². The van der Waals surface area contributed by atoms with E-state index >= 15 is 0 Å². The summed E-state index contributed by atoms with van der Waals surface area (Å²) >= 11 is 3.60.